The van der Waals surface area contributed by atoms with Gasteiger partial charge < -0.3 is 14.6 Å². The topological polar surface area (TPSA) is 120 Å². The van der Waals surface area contributed by atoms with Crippen LogP contribution in [-0.2, 0) is 11.3 Å². The molecule has 1 N–H and O–H groups in total. The number of hydrogen-bond acceptors (Lipinski definition) is 8. The van der Waals surface area contributed by atoms with E-state index in [0.717, 1.165) is 0 Å². The van der Waals surface area contributed by atoms with E-state index in [1.54, 1.807) is 6.07 Å². The highest BCUT2D eigenvalue weighted by molar-refractivity contribution is 5.88. The summed E-state index contributed by atoms with van der Waals surface area (Å²) in [6, 6.07) is 4.01. The number of aromatic nitrogens is 2. The van der Waals surface area contributed by atoms with E-state index < -0.39 is 10.9 Å². The quantitative estimate of drug-likeness (QED) is 0.494. The van der Waals surface area contributed by atoms with Gasteiger partial charge in [-0.05, 0) is 6.07 Å². The maximum atomic E-state index is 11.4. The van der Waals surface area contributed by atoms with Crippen molar-refractivity contribution in [1.82, 2.24) is 10.1 Å². The number of anilines is 1. The van der Waals surface area contributed by atoms with Gasteiger partial charge in [0.15, 0.2) is 11.5 Å². The zero-order valence-corrected chi connectivity index (χ0v) is 10.4. The van der Waals surface area contributed by atoms with Gasteiger partial charge in [-0.15, -0.1) is 0 Å². The van der Waals surface area contributed by atoms with Crippen molar-refractivity contribution in [2.45, 2.75) is 6.54 Å². The zero-order valence-electron chi connectivity index (χ0n) is 10.4. The highest BCUT2D eigenvalue weighted by Crippen LogP contribution is 2.23. The van der Waals surface area contributed by atoms with Crippen molar-refractivity contribution in [3.05, 3.63) is 46.0 Å². The van der Waals surface area contributed by atoms with Crippen LogP contribution >= 0.6 is 0 Å². The van der Waals surface area contributed by atoms with Gasteiger partial charge >= 0.3 is 11.7 Å². The maximum Gasteiger partial charge on any atom is 0.356 e. The molecule has 2 aromatic heterocycles. The highest BCUT2D eigenvalue weighted by Gasteiger charge is 2.19. The summed E-state index contributed by atoms with van der Waals surface area (Å²) in [6.07, 6.45) is 1.45. The Bertz CT molecular complexity index is 626. The van der Waals surface area contributed by atoms with Gasteiger partial charge in [0.25, 0.3) is 0 Å². The number of carbonyl (C=O) groups is 1. The van der Waals surface area contributed by atoms with E-state index in [9.17, 15) is 14.9 Å². The summed E-state index contributed by atoms with van der Waals surface area (Å²) in [5, 5.41) is 17.1. The lowest BCUT2D eigenvalue weighted by atomic mass is 10.3. The summed E-state index contributed by atoms with van der Waals surface area (Å²) >= 11 is 0. The maximum absolute atomic E-state index is 11.4. The van der Waals surface area contributed by atoms with Crippen molar-refractivity contribution < 1.29 is 19.0 Å². The van der Waals surface area contributed by atoms with Crippen LogP contribution < -0.4 is 5.32 Å². The molecule has 0 aliphatic carbocycles. The normalized spacial score (nSPS) is 10.1. The fraction of sp³-hybridized carbons (Fsp3) is 0.182. The summed E-state index contributed by atoms with van der Waals surface area (Å²) < 4.78 is 9.37. The number of nitrogens with zero attached hydrogens (tertiary/aromatic N) is 3. The predicted octanol–water partition coefficient (Wildman–Crippen LogP) is 1.38. The second-order valence-electron chi connectivity index (χ2n) is 3.65. The first-order valence-corrected chi connectivity index (χ1v) is 5.49. The minimum atomic E-state index is -0.678. The molecule has 2 heterocycles. The van der Waals surface area contributed by atoms with Crippen molar-refractivity contribution in [2.24, 2.45) is 0 Å². The molecule has 0 saturated heterocycles. The fourth-order valence-electron chi connectivity index (χ4n) is 1.45. The first-order chi connectivity index (χ1) is 9.61. The van der Waals surface area contributed by atoms with Gasteiger partial charge in [0.2, 0.25) is 5.82 Å². The average molecular weight is 278 g/mol. The molecule has 0 unspecified atom stereocenters. The van der Waals surface area contributed by atoms with Crippen LogP contribution in [0.1, 0.15) is 16.2 Å². The minimum absolute atomic E-state index is 0.0295. The van der Waals surface area contributed by atoms with Gasteiger partial charge in [-0.3, -0.25) is 10.1 Å². The molecule has 0 fully saturated rings. The second kappa shape index (κ2) is 5.78. The minimum Gasteiger partial charge on any atom is -0.464 e. The van der Waals surface area contributed by atoms with E-state index in [2.05, 4.69) is 20.2 Å². The van der Waals surface area contributed by atoms with E-state index in [1.165, 1.54) is 25.4 Å². The van der Waals surface area contributed by atoms with Crippen molar-refractivity contribution in [1.29, 1.82) is 0 Å². The lowest BCUT2D eigenvalue weighted by Crippen LogP contribution is -2.09. The Balaban J connectivity index is 2.26. The summed E-state index contributed by atoms with van der Waals surface area (Å²) in [7, 11) is 1.20. The summed E-state index contributed by atoms with van der Waals surface area (Å²) in [4.78, 5) is 25.6. The van der Waals surface area contributed by atoms with Gasteiger partial charge in [-0.25, -0.2) is 9.78 Å². The molecule has 0 aromatic carbocycles. The van der Waals surface area contributed by atoms with E-state index in [4.69, 9.17) is 4.52 Å². The van der Waals surface area contributed by atoms with Crippen LogP contribution in [0, 0.1) is 10.1 Å². The zero-order chi connectivity index (χ0) is 14.5. The van der Waals surface area contributed by atoms with Crippen LogP contribution in [0.5, 0.6) is 0 Å². The van der Waals surface area contributed by atoms with Crippen LogP contribution in [0.2, 0.25) is 0 Å². The van der Waals surface area contributed by atoms with Gasteiger partial charge in [0.05, 0.1) is 24.8 Å². The Kier molecular flexibility index (Phi) is 3.89. The molecule has 104 valence electrons. The van der Waals surface area contributed by atoms with E-state index in [0.29, 0.717) is 5.76 Å². The molecule has 9 nitrogen and oxygen atoms in total. The SMILES string of the molecule is COC(=O)c1ccc([N+](=O)[O-])c(NCc2ccno2)n1. The first-order valence-electron chi connectivity index (χ1n) is 5.49. The predicted molar refractivity (Wildman–Crippen MR) is 66.1 cm³/mol. The van der Waals surface area contributed by atoms with Crippen molar-refractivity contribution >= 4 is 17.5 Å². The van der Waals surface area contributed by atoms with Crippen LogP contribution in [0.25, 0.3) is 0 Å². The van der Waals surface area contributed by atoms with Gasteiger partial charge in [-0.1, -0.05) is 5.16 Å². The van der Waals surface area contributed by atoms with Crippen LogP contribution in [0.3, 0.4) is 0 Å². The molecule has 0 aliphatic heterocycles. The Morgan fingerprint density at radius 2 is 2.30 bits per heavy atom. The number of rotatable bonds is 5. The third-order valence-corrected chi connectivity index (χ3v) is 2.39. The number of methoxy groups -OCH3 is 1. The standard InChI is InChI=1S/C11H10N4O5/c1-19-11(16)8-2-3-9(15(17)18)10(14-8)12-6-7-4-5-13-20-7/h2-5H,6H2,1H3,(H,12,14). The summed E-state index contributed by atoms with van der Waals surface area (Å²) in [5.41, 5.74) is -0.282. The number of nitrogens with one attached hydrogen (secondary N) is 1. The van der Waals surface area contributed by atoms with Crippen molar-refractivity contribution in [3.63, 3.8) is 0 Å². The van der Waals surface area contributed by atoms with Crippen LogP contribution in [-0.4, -0.2) is 28.1 Å². The third-order valence-electron chi connectivity index (χ3n) is 2.39. The molecule has 0 bridgehead atoms. The molecular formula is C11H10N4O5. The largest absolute Gasteiger partial charge is 0.464 e. The molecule has 2 rings (SSSR count). The Morgan fingerprint density at radius 1 is 1.50 bits per heavy atom. The van der Waals surface area contributed by atoms with Gasteiger partial charge in [-0.2, -0.15) is 0 Å². The Labute approximate surface area is 112 Å². The highest BCUT2D eigenvalue weighted by atomic mass is 16.6. The molecule has 0 aliphatic rings. The van der Waals surface area contributed by atoms with E-state index >= 15 is 0 Å². The number of ether oxygens (including phenoxy) is 1. The number of pyridine rings is 1. The lowest BCUT2D eigenvalue weighted by molar-refractivity contribution is -0.384. The molecule has 0 saturated carbocycles. The molecule has 0 spiro atoms. The average Bonchev–Trinajstić information content (AvgIpc) is 2.97. The summed E-state index contributed by atoms with van der Waals surface area (Å²) in [6.45, 7) is 0.151. The molecule has 0 atom stereocenters. The van der Waals surface area contributed by atoms with Gasteiger partial charge in [0.1, 0.15) is 0 Å². The molecule has 2 aromatic rings. The van der Waals surface area contributed by atoms with Gasteiger partial charge in [0, 0.05) is 12.1 Å². The van der Waals surface area contributed by atoms with Crippen molar-refractivity contribution in [3.8, 4) is 0 Å². The molecular weight excluding hydrogens is 268 g/mol. The number of hydrogen-bond donors (Lipinski definition) is 1. The molecule has 0 amide bonds. The second-order valence-corrected chi connectivity index (χ2v) is 3.65. The third kappa shape index (κ3) is 2.88. The molecule has 20 heavy (non-hydrogen) atoms. The number of carbonyl (C=O) groups excluding carboxylic acids is 1. The lowest BCUT2D eigenvalue weighted by Gasteiger charge is -2.06. The number of esters is 1. The van der Waals surface area contributed by atoms with E-state index in [1.807, 2.05) is 0 Å². The first kappa shape index (κ1) is 13.5. The Morgan fingerprint density at radius 3 is 2.90 bits per heavy atom. The van der Waals surface area contributed by atoms with Crippen LogP contribution in [0.15, 0.2) is 28.9 Å². The van der Waals surface area contributed by atoms with E-state index in [-0.39, 0.29) is 23.7 Å². The fourth-order valence-corrected chi connectivity index (χ4v) is 1.45. The smallest absolute Gasteiger partial charge is 0.356 e. The van der Waals surface area contributed by atoms with Crippen LogP contribution in [0.4, 0.5) is 11.5 Å². The number of nitro groups is 1. The Hall–Kier alpha value is -2.97. The molecule has 0 radical (unpaired) electrons. The monoisotopic (exact) mass is 278 g/mol. The summed E-state index contributed by atoms with van der Waals surface area (Å²) in [5.74, 6) is -0.249. The van der Waals surface area contributed by atoms with Crippen molar-refractivity contribution in [2.75, 3.05) is 12.4 Å². The molecule has 9 heteroatoms.